The molecule has 0 amide bonds. The van der Waals surface area contributed by atoms with Crippen LogP contribution in [-0.4, -0.2) is 41.6 Å². The molecule has 1 saturated heterocycles. The van der Waals surface area contributed by atoms with Gasteiger partial charge in [0.1, 0.15) is 6.73 Å². The van der Waals surface area contributed by atoms with Crippen molar-refractivity contribution in [1.82, 2.24) is 4.90 Å². The van der Waals surface area contributed by atoms with Gasteiger partial charge in [0.2, 0.25) is 0 Å². The first-order valence-electron chi connectivity index (χ1n) is 10.2. The predicted octanol–water partition coefficient (Wildman–Crippen LogP) is 4.96. The molecule has 28 heavy (non-hydrogen) atoms. The van der Waals surface area contributed by atoms with Crippen LogP contribution in [0.15, 0.2) is 54.6 Å². The monoisotopic (exact) mass is 380 g/mol. The van der Waals surface area contributed by atoms with E-state index in [1.54, 1.807) is 0 Å². The minimum atomic E-state index is -0.140. The van der Waals surface area contributed by atoms with Gasteiger partial charge in [0.05, 0.1) is 5.60 Å². The van der Waals surface area contributed by atoms with Crippen LogP contribution >= 0.6 is 0 Å². The number of nitrogens with zero attached hydrogens (tertiary/aromatic N) is 1. The van der Waals surface area contributed by atoms with Crippen molar-refractivity contribution < 1.29 is 9.53 Å². The lowest BCUT2D eigenvalue weighted by molar-refractivity contribution is -0.0682. The molecule has 150 valence electrons. The summed E-state index contributed by atoms with van der Waals surface area (Å²) in [5.74, 6) is 0.0512. The van der Waals surface area contributed by atoms with E-state index in [0.717, 1.165) is 24.2 Å². The molecule has 1 unspecified atom stereocenters. The van der Waals surface area contributed by atoms with Crippen LogP contribution < -0.4 is 5.32 Å². The quantitative estimate of drug-likeness (QED) is 0.690. The Bertz CT molecular complexity index is 783. The lowest BCUT2D eigenvalue weighted by Gasteiger charge is -2.33. The van der Waals surface area contributed by atoms with E-state index in [-0.39, 0.29) is 17.4 Å². The molecule has 0 saturated carbocycles. The zero-order valence-electron chi connectivity index (χ0n) is 17.4. The number of nitrogens with one attached hydrogen (secondary N) is 1. The fourth-order valence-electron chi connectivity index (χ4n) is 3.75. The molecule has 1 aliphatic heterocycles. The van der Waals surface area contributed by atoms with E-state index in [0.29, 0.717) is 18.3 Å². The molecule has 1 fully saturated rings. The molecule has 1 aliphatic rings. The number of hydrogen-bond donors (Lipinski definition) is 1. The summed E-state index contributed by atoms with van der Waals surface area (Å²) in [4.78, 5) is 15.4. The summed E-state index contributed by atoms with van der Waals surface area (Å²) in [7, 11) is 0. The van der Waals surface area contributed by atoms with E-state index in [1.165, 1.54) is 6.42 Å². The SMILES string of the molecule is CC(Nc1ccccc1C(=O)c1ccccc1)[C@@H]1CCCN1COC(C)(C)C. The van der Waals surface area contributed by atoms with E-state index in [4.69, 9.17) is 4.74 Å². The molecule has 2 aromatic carbocycles. The largest absolute Gasteiger partial charge is 0.380 e. The maximum absolute atomic E-state index is 13.0. The van der Waals surface area contributed by atoms with Crippen molar-refractivity contribution in [3.63, 3.8) is 0 Å². The lowest BCUT2D eigenvalue weighted by atomic mass is 10.0. The fourth-order valence-corrected chi connectivity index (χ4v) is 3.75. The number of rotatable bonds is 7. The molecular weight excluding hydrogens is 348 g/mol. The van der Waals surface area contributed by atoms with Crippen LogP contribution in [0.4, 0.5) is 5.69 Å². The first-order chi connectivity index (χ1) is 13.3. The number of carbonyl (C=O) groups is 1. The molecule has 4 heteroatoms. The number of ether oxygens (including phenoxy) is 1. The summed E-state index contributed by atoms with van der Waals surface area (Å²) in [5.41, 5.74) is 2.19. The lowest BCUT2D eigenvalue weighted by Crippen LogP contribution is -2.44. The van der Waals surface area contributed by atoms with Gasteiger partial charge in [-0.2, -0.15) is 0 Å². The van der Waals surface area contributed by atoms with Crippen molar-refractivity contribution in [2.75, 3.05) is 18.6 Å². The second-order valence-corrected chi connectivity index (χ2v) is 8.58. The summed E-state index contributed by atoms with van der Waals surface area (Å²) >= 11 is 0. The van der Waals surface area contributed by atoms with Crippen molar-refractivity contribution in [3.8, 4) is 0 Å². The van der Waals surface area contributed by atoms with Crippen molar-refractivity contribution in [2.45, 2.75) is 58.2 Å². The van der Waals surface area contributed by atoms with E-state index in [1.807, 2.05) is 54.6 Å². The number of para-hydroxylation sites is 1. The average molecular weight is 381 g/mol. The van der Waals surface area contributed by atoms with Gasteiger partial charge in [-0.15, -0.1) is 0 Å². The summed E-state index contributed by atoms with van der Waals surface area (Å²) in [6.07, 6.45) is 2.31. The zero-order chi connectivity index (χ0) is 20.1. The van der Waals surface area contributed by atoms with Gasteiger partial charge < -0.3 is 10.1 Å². The van der Waals surface area contributed by atoms with Crippen LogP contribution in [-0.2, 0) is 4.74 Å². The summed E-state index contributed by atoms with van der Waals surface area (Å²) in [6.45, 7) is 10.2. The zero-order valence-corrected chi connectivity index (χ0v) is 17.4. The van der Waals surface area contributed by atoms with Gasteiger partial charge in [-0.05, 0) is 52.7 Å². The van der Waals surface area contributed by atoms with Crippen molar-refractivity contribution in [3.05, 3.63) is 65.7 Å². The van der Waals surface area contributed by atoms with Crippen LogP contribution in [0.3, 0.4) is 0 Å². The van der Waals surface area contributed by atoms with Crippen molar-refractivity contribution in [1.29, 1.82) is 0 Å². The molecular formula is C24H32N2O2. The molecule has 0 spiro atoms. The second-order valence-electron chi connectivity index (χ2n) is 8.58. The Morgan fingerprint density at radius 3 is 2.54 bits per heavy atom. The summed E-state index contributed by atoms with van der Waals surface area (Å²) in [6, 6.07) is 17.9. The third-order valence-corrected chi connectivity index (χ3v) is 5.25. The van der Waals surface area contributed by atoms with Gasteiger partial charge >= 0.3 is 0 Å². The number of carbonyl (C=O) groups excluding carboxylic acids is 1. The Morgan fingerprint density at radius 2 is 1.82 bits per heavy atom. The highest BCUT2D eigenvalue weighted by molar-refractivity contribution is 6.12. The highest BCUT2D eigenvalue weighted by Gasteiger charge is 2.30. The second kappa shape index (κ2) is 8.89. The fraction of sp³-hybridized carbons (Fsp3) is 0.458. The molecule has 3 rings (SSSR count). The Hall–Kier alpha value is -2.17. The van der Waals surface area contributed by atoms with E-state index < -0.39 is 0 Å². The molecule has 2 atom stereocenters. The third kappa shape index (κ3) is 5.21. The number of likely N-dealkylation sites (tertiary alicyclic amines) is 1. The Labute approximate surface area is 168 Å². The van der Waals surface area contributed by atoms with E-state index >= 15 is 0 Å². The highest BCUT2D eigenvalue weighted by atomic mass is 16.5. The van der Waals surface area contributed by atoms with Crippen LogP contribution in [0, 0.1) is 0 Å². The topological polar surface area (TPSA) is 41.6 Å². The normalized spacial score (nSPS) is 18.8. The molecule has 0 radical (unpaired) electrons. The molecule has 4 nitrogen and oxygen atoms in total. The van der Waals surface area contributed by atoms with Crippen LogP contribution in [0.2, 0.25) is 0 Å². The van der Waals surface area contributed by atoms with Gasteiger partial charge in [-0.3, -0.25) is 9.69 Å². The minimum absolute atomic E-state index is 0.0512. The first kappa shape index (κ1) is 20.6. The smallest absolute Gasteiger partial charge is 0.195 e. The van der Waals surface area contributed by atoms with Crippen molar-refractivity contribution >= 4 is 11.5 Å². The van der Waals surface area contributed by atoms with Crippen LogP contribution in [0.25, 0.3) is 0 Å². The summed E-state index contributed by atoms with van der Waals surface area (Å²) in [5, 5.41) is 3.61. The Kier molecular flexibility index (Phi) is 6.53. The van der Waals surface area contributed by atoms with Gasteiger partial charge in [0, 0.05) is 35.4 Å². The molecule has 1 N–H and O–H groups in total. The molecule has 0 bridgehead atoms. The van der Waals surface area contributed by atoms with E-state index in [9.17, 15) is 4.79 Å². The standard InChI is InChI=1S/C24H32N2O2/c1-18(22-15-10-16-26(22)17-28-24(2,3)4)25-21-14-9-8-13-20(21)23(27)19-11-6-5-7-12-19/h5-9,11-14,18,22,25H,10,15-17H2,1-4H3/t18?,22-/m0/s1. The summed E-state index contributed by atoms with van der Waals surface area (Å²) < 4.78 is 6.01. The molecule has 2 aromatic rings. The van der Waals surface area contributed by atoms with Crippen molar-refractivity contribution in [2.24, 2.45) is 0 Å². The van der Waals surface area contributed by atoms with Gasteiger partial charge in [-0.25, -0.2) is 0 Å². The van der Waals surface area contributed by atoms with E-state index in [2.05, 4.69) is 37.9 Å². The number of ketones is 1. The average Bonchev–Trinajstić information content (AvgIpc) is 3.15. The van der Waals surface area contributed by atoms with Gasteiger partial charge in [0.15, 0.2) is 5.78 Å². The third-order valence-electron chi connectivity index (χ3n) is 5.25. The number of anilines is 1. The minimum Gasteiger partial charge on any atom is -0.380 e. The highest BCUT2D eigenvalue weighted by Crippen LogP contribution is 2.26. The molecule has 1 heterocycles. The molecule has 0 aliphatic carbocycles. The molecule has 0 aromatic heterocycles. The Morgan fingerprint density at radius 1 is 1.14 bits per heavy atom. The maximum Gasteiger partial charge on any atom is 0.195 e. The van der Waals surface area contributed by atoms with Crippen LogP contribution in [0.5, 0.6) is 0 Å². The maximum atomic E-state index is 13.0. The predicted molar refractivity (Wildman–Crippen MR) is 115 cm³/mol. The first-order valence-corrected chi connectivity index (χ1v) is 10.2. The Balaban J connectivity index is 1.72. The van der Waals surface area contributed by atoms with Gasteiger partial charge in [0.25, 0.3) is 0 Å². The van der Waals surface area contributed by atoms with Crippen LogP contribution in [0.1, 0.15) is 56.5 Å². The number of hydrogen-bond acceptors (Lipinski definition) is 4. The number of benzene rings is 2. The van der Waals surface area contributed by atoms with Gasteiger partial charge in [-0.1, -0.05) is 42.5 Å².